The van der Waals surface area contributed by atoms with Crippen molar-refractivity contribution in [3.8, 4) is 11.6 Å². The summed E-state index contributed by atoms with van der Waals surface area (Å²) in [6, 6.07) is 12.5. The van der Waals surface area contributed by atoms with Crippen LogP contribution in [0.15, 0.2) is 65.7 Å². The Labute approximate surface area is 174 Å². The molecule has 1 N–H and O–H groups in total. The number of halogens is 2. The van der Waals surface area contributed by atoms with Crippen molar-refractivity contribution in [1.29, 1.82) is 0 Å². The van der Waals surface area contributed by atoms with Crippen LogP contribution in [0.5, 0.6) is 11.6 Å². The molecule has 0 aliphatic heterocycles. The summed E-state index contributed by atoms with van der Waals surface area (Å²) in [5.41, 5.74) is 0.377. The summed E-state index contributed by atoms with van der Waals surface area (Å²) in [5, 5.41) is 7.33. The van der Waals surface area contributed by atoms with Gasteiger partial charge >= 0.3 is 5.69 Å². The van der Waals surface area contributed by atoms with Crippen molar-refractivity contribution in [2.75, 3.05) is 0 Å². The molecule has 0 aliphatic carbocycles. The van der Waals surface area contributed by atoms with Gasteiger partial charge in [0.2, 0.25) is 11.6 Å². The Balaban J connectivity index is 1.52. The maximum Gasteiger partial charge on any atom is 0.351 e. The predicted molar refractivity (Wildman–Crippen MR) is 107 cm³/mol. The van der Waals surface area contributed by atoms with Crippen LogP contribution in [-0.2, 0) is 17.9 Å². The van der Waals surface area contributed by atoms with Gasteiger partial charge in [0.05, 0.1) is 0 Å². The lowest BCUT2D eigenvalue weighted by molar-refractivity contribution is -0.122. The standard InChI is InChI=1S/C20H15ClFN5O3/c21-14-2-1-3-16(10-14)30-19-18-25-27(20(29)26(18)9-8-23-19)12-17(28)24-11-13-4-6-15(22)7-5-13/h1-10H,11-12H2,(H,24,28). The number of fused-ring (bicyclic) bond motifs is 1. The van der Waals surface area contributed by atoms with Crippen LogP contribution in [0.25, 0.3) is 5.65 Å². The Hall–Kier alpha value is -3.72. The highest BCUT2D eigenvalue weighted by Crippen LogP contribution is 2.24. The molecule has 0 bridgehead atoms. The molecule has 0 atom stereocenters. The van der Waals surface area contributed by atoms with E-state index in [0.29, 0.717) is 10.8 Å². The number of hydrogen-bond donors (Lipinski definition) is 1. The Morgan fingerprint density at radius 3 is 2.77 bits per heavy atom. The highest BCUT2D eigenvalue weighted by atomic mass is 35.5. The minimum Gasteiger partial charge on any atom is -0.436 e. The number of rotatable bonds is 6. The normalized spacial score (nSPS) is 10.9. The van der Waals surface area contributed by atoms with Gasteiger partial charge in [-0.25, -0.2) is 23.3 Å². The first-order valence-electron chi connectivity index (χ1n) is 8.88. The number of carbonyl (C=O) groups is 1. The molecule has 4 rings (SSSR count). The number of amides is 1. The molecule has 1 amide bonds. The number of nitrogens with zero attached hydrogens (tertiary/aromatic N) is 4. The monoisotopic (exact) mass is 427 g/mol. The number of ether oxygens (including phenoxy) is 1. The molecule has 2 aromatic heterocycles. The van der Waals surface area contributed by atoms with E-state index < -0.39 is 11.6 Å². The second-order valence-electron chi connectivity index (χ2n) is 6.33. The molecule has 0 unspecified atom stereocenters. The molecule has 0 saturated heterocycles. The fourth-order valence-corrected chi connectivity index (χ4v) is 2.92. The molecule has 0 saturated carbocycles. The zero-order valence-corrected chi connectivity index (χ0v) is 16.2. The van der Waals surface area contributed by atoms with Crippen LogP contribution in [0, 0.1) is 5.82 Å². The van der Waals surface area contributed by atoms with E-state index in [2.05, 4.69) is 15.4 Å². The highest BCUT2D eigenvalue weighted by Gasteiger charge is 2.15. The Morgan fingerprint density at radius 1 is 1.20 bits per heavy atom. The van der Waals surface area contributed by atoms with Crippen LogP contribution in [0.2, 0.25) is 5.02 Å². The molecule has 10 heteroatoms. The predicted octanol–water partition coefficient (Wildman–Crippen LogP) is 2.79. The molecule has 30 heavy (non-hydrogen) atoms. The fourth-order valence-electron chi connectivity index (χ4n) is 2.74. The van der Waals surface area contributed by atoms with Crippen LogP contribution >= 0.6 is 11.6 Å². The summed E-state index contributed by atoms with van der Waals surface area (Å²) < 4.78 is 20.9. The first-order chi connectivity index (χ1) is 14.5. The van der Waals surface area contributed by atoms with E-state index in [0.717, 1.165) is 10.2 Å². The van der Waals surface area contributed by atoms with Gasteiger partial charge in [-0.3, -0.25) is 4.79 Å². The third-order valence-corrected chi connectivity index (χ3v) is 4.41. The van der Waals surface area contributed by atoms with Gasteiger partial charge in [-0.2, -0.15) is 0 Å². The average Bonchev–Trinajstić information content (AvgIpc) is 3.04. The van der Waals surface area contributed by atoms with E-state index >= 15 is 0 Å². The summed E-state index contributed by atoms with van der Waals surface area (Å²) in [7, 11) is 0. The van der Waals surface area contributed by atoms with E-state index in [1.165, 1.54) is 28.9 Å². The quantitative estimate of drug-likeness (QED) is 0.511. The average molecular weight is 428 g/mol. The number of aromatic nitrogens is 4. The molecule has 0 aliphatic rings. The minimum absolute atomic E-state index is 0.0994. The minimum atomic E-state index is -0.514. The number of benzene rings is 2. The maximum atomic E-state index is 13.0. The van der Waals surface area contributed by atoms with Crippen molar-refractivity contribution >= 4 is 23.2 Å². The largest absolute Gasteiger partial charge is 0.436 e. The van der Waals surface area contributed by atoms with Gasteiger partial charge in [-0.05, 0) is 35.9 Å². The zero-order chi connectivity index (χ0) is 21.1. The van der Waals surface area contributed by atoms with E-state index in [4.69, 9.17) is 16.3 Å². The molecule has 8 nitrogen and oxygen atoms in total. The van der Waals surface area contributed by atoms with Crippen LogP contribution < -0.4 is 15.7 Å². The third kappa shape index (κ3) is 4.31. The molecular formula is C20H15ClFN5O3. The van der Waals surface area contributed by atoms with Crippen LogP contribution in [0.3, 0.4) is 0 Å². The van der Waals surface area contributed by atoms with Crippen LogP contribution in [0.1, 0.15) is 5.56 Å². The van der Waals surface area contributed by atoms with Crippen molar-refractivity contribution < 1.29 is 13.9 Å². The van der Waals surface area contributed by atoms with Crippen LogP contribution in [-0.4, -0.2) is 25.1 Å². The smallest absolute Gasteiger partial charge is 0.351 e. The topological polar surface area (TPSA) is 90.5 Å². The molecule has 0 spiro atoms. The van der Waals surface area contributed by atoms with Crippen molar-refractivity contribution in [2.45, 2.75) is 13.1 Å². The molecule has 0 fully saturated rings. The lowest BCUT2D eigenvalue weighted by atomic mass is 10.2. The lowest BCUT2D eigenvalue weighted by Gasteiger charge is -2.05. The molecule has 2 heterocycles. The first-order valence-corrected chi connectivity index (χ1v) is 9.26. The van der Waals surface area contributed by atoms with Gasteiger partial charge in [0, 0.05) is 24.0 Å². The van der Waals surface area contributed by atoms with Gasteiger partial charge in [-0.1, -0.05) is 29.8 Å². The van der Waals surface area contributed by atoms with Gasteiger partial charge in [-0.15, -0.1) is 5.10 Å². The molecule has 4 aromatic rings. The zero-order valence-electron chi connectivity index (χ0n) is 15.5. The molecular weight excluding hydrogens is 413 g/mol. The summed E-state index contributed by atoms with van der Waals surface area (Å²) in [6.07, 6.45) is 2.83. The van der Waals surface area contributed by atoms with Gasteiger partial charge in [0.25, 0.3) is 5.88 Å². The molecule has 0 radical (unpaired) electrons. The fraction of sp³-hybridized carbons (Fsp3) is 0.100. The van der Waals surface area contributed by atoms with Crippen molar-refractivity contribution in [2.24, 2.45) is 0 Å². The summed E-state index contributed by atoms with van der Waals surface area (Å²) >= 11 is 5.96. The molecule has 2 aromatic carbocycles. The highest BCUT2D eigenvalue weighted by molar-refractivity contribution is 6.30. The number of carbonyl (C=O) groups excluding carboxylic acids is 1. The van der Waals surface area contributed by atoms with Gasteiger partial charge in [0.1, 0.15) is 18.1 Å². The van der Waals surface area contributed by atoms with E-state index in [9.17, 15) is 14.0 Å². The summed E-state index contributed by atoms with van der Waals surface area (Å²) in [4.78, 5) is 28.9. The Bertz CT molecular complexity index is 1270. The second-order valence-corrected chi connectivity index (χ2v) is 6.77. The number of hydrogen-bond acceptors (Lipinski definition) is 5. The van der Waals surface area contributed by atoms with Crippen molar-refractivity contribution in [3.63, 3.8) is 0 Å². The van der Waals surface area contributed by atoms with Crippen LogP contribution in [0.4, 0.5) is 4.39 Å². The Morgan fingerprint density at radius 2 is 2.00 bits per heavy atom. The molecule has 152 valence electrons. The number of nitrogens with one attached hydrogen (secondary N) is 1. The SMILES string of the molecule is O=C(Cn1nc2c(Oc3cccc(Cl)c3)nccn2c1=O)NCc1ccc(F)cc1. The maximum absolute atomic E-state index is 13.0. The van der Waals surface area contributed by atoms with Crippen molar-refractivity contribution in [3.05, 3.63) is 87.8 Å². The summed E-state index contributed by atoms with van der Waals surface area (Å²) in [6.45, 7) is -0.0930. The lowest BCUT2D eigenvalue weighted by Crippen LogP contribution is -2.32. The van der Waals surface area contributed by atoms with Gasteiger partial charge < -0.3 is 10.1 Å². The van der Waals surface area contributed by atoms with E-state index in [-0.39, 0.29) is 30.4 Å². The van der Waals surface area contributed by atoms with E-state index in [1.807, 2.05) is 0 Å². The van der Waals surface area contributed by atoms with Gasteiger partial charge in [0.15, 0.2) is 0 Å². The Kier molecular flexibility index (Phi) is 5.44. The van der Waals surface area contributed by atoms with E-state index in [1.54, 1.807) is 36.4 Å². The van der Waals surface area contributed by atoms with Crippen molar-refractivity contribution in [1.82, 2.24) is 24.5 Å². The first kappa shape index (κ1) is 19.6. The summed E-state index contributed by atoms with van der Waals surface area (Å²) in [5.74, 6) is -0.245. The third-order valence-electron chi connectivity index (χ3n) is 4.18. The second kappa shape index (κ2) is 8.34.